The van der Waals surface area contributed by atoms with Gasteiger partial charge >= 0.3 is 5.97 Å². The van der Waals surface area contributed by atoms with Crippen LogP contribution in [0, 0.1) is 12.8 Å². The predicted octanol–water partition coefficient (Wildman–Crippen LogP) is 1.76. The van der Waals surface area contributed by atoms with Gasteiger partial charge in [0.15, 0.2) is 0 Å². The average Bonchev–Trinajstić information content (AvgIpc) is 2.77. The van der Waals surface area contributed by atoms with Crippen LogP contribution in [0.1, 0.15) is 35.2 Å². The number of aliphatic carboxylic acids is 1. The zero-order chi connectivity index (χ0) is 14.0. The molecule has 0 radical (unpaired) electrons. The Morgan fingerprint density at radius 3 is 2.68 bits per heavy atom. The highest BCUT2D eigenvalue weighted by molar-refractivity contribution is 5.98. The van der Waals surface area contributed by atoms with Crippen LogP contribution in [-0.4, -0.2) is 23.0 Å². The molecule has 1 aromatic rings. The Morgan fingerprint density at radius 1 is 1.37 bits per heavy atom. The molecule has 0 aliphatic heterocycles. The number of amides is 1. The van der Waals surface area contributed by atoms with Crippen LogP contribution in [0.4, 0.5) is 5.69 Å². The van der Waals surface area contributed by atoms with Crippen molar-refractivity contribution in [1.82, 2.24) is 0 Å². The Morgan fingerprint density at radius 2 is 2.11 bits per heavy atom. The lowest BCUT2D eigenvalue weighted by atomic mass is 10.1. The summed E-state index contributed by atoms with van der Waals surface area (Å²) in [6, 6.07) is 5.48. The fourth-order valence-corrected chi connectivity index (χ4v) is 2.55. The number of hydrogen-bond donors (Lipinski definition) is 3. The molecule has 2 atom stereocenters. The Balaban J connectivity index is 2.13. The van der Waals surface area contributed by atoms with Gasteiger partial charge in [-0.15, -0.1) is 0 Å². The van der Waals surface area contributed by atoms with Crippen molar-refractivity contribution < 1.29 is 14.7 Å². The van der Waals surface area contributed by atoms with E-state index in [-0.39, 0.29) is 12.0 Å². The molecule has 5 nitrogen and oxygen atoms in total. The Kier molecular flexibility index (Phi) is 3.74. The molecule has 0 unspecified atom stereocenters. The van der Waals surface area contributed by atoms with Crippen molar-refractivity contribution >= 4 is 17.6 Å². The molecular formula is C14H18N2O3. The minimum atomic E-state index is -0.747. The van der Waals surface area contributed by atoms with E-state index in [9.17, 15) is 9.59 Å². The van der Waals surface area contributed by atoms with Crippen molar-refractivity contribution in [2.45, 2.75) is 32.2 Å². The van der Waals surface area contributed by atoms with Crippen molar-refractivity contribution in [3.63, 3.8) is 0 Å². The number of primary amides is 1. The number of carbonyl (C=O) groups excluding carboxylic acids is 1. The summed E-state index contributed by atoms with van der Waals surface area (Å²) in [6.07, 6.45) is 2.05. The van der Waals surface area contributed by atoms with Gasteiger partial charge in [-0.05, 0) is 43.9 Å². The summed E-state index contributed by atoms with van der Waals surface area (Å²) in [5, 5.41) is 12.2. The van der Waals surface area contributed by atoms with E-state index in [1.165, 1.54) is 0 Å². The molecule has 4 N–H and O–H groups in total. The first kappa shape index (κ1) is 13.4. The van der Waals surface area contributed by atoms with E-state index in [0.29, 0.717) is 24.1 Å². The maximum absolute atomic E-state index is 11.4. The molecule has 0 heterocycles. The molecule has 1 aromatic carbocycles. The lowest BCUT2D eigenvalue weighted by Gasteiger charge is -2.16. The van der Waals surface area contributed by atoms with Gasteiger partial charge in [0.25, 0.3) is 5.91 Å². The van der Waals surface area contributed by atoms with Crippen molar-refractivity contribution in [3.05, 3.63) is 29.3 Å². The maximum Gasteiger partial charge on any atom is 0.306 e. The fraction of sp³-hybridized carbons (Fsp3) is 0.429. The first-order chi connectivity index (χ1) is 8.97. The highest BCUT2D eigenvalue weighted by Gasteiger charge is 2.30. The quantitative estimate of drug-likeness (QED) is 0.770. The van der Waals surface area contributed by atoms with Gasteiger partial charge in [0, 0.05) is 11.7 Å². The number of carbonyl (C=O) groups is 2. The van der Waals surface area contributed by atoms with Gasteiger partial charge in [0.05, 0.1) is 11.5 Å². The smallest absolute Gasteiger partial charge is 0.306 e. The minimum Gasteiger partial charge on any atom is -0.481 e. The summed E-state index contributed by atoms with van der Waals surface area (Å²) in [7, 11) is 0. The molecule has 1 fully saturated rings. The van der Waals surface area contributed by atoms with E-state index < -0.39 is 11.9 Å². The van der Waals surface area contributed by atoms with Crippen LogP contribution in [-0.2, 0) is 4.79 Å². The summed E-state index contributed by atoms with van der Waals surface area (Å²) in [5.74, 6) is -1.52. The number of aryl methyl sites for hydroxylation is 1. The first-order valence-corrected chi connectivity index (χ1v) is 6.37. The van der Waals surface area contributed by atoms with Gasteiger partial charge in [-0.25, -0.2) is 0 Å². The number of nitrogens with two attached hydrogens (primary N) is 1. The average molecular weight is 262 g/mol. The molecule has 0 bridgehead atoms. The van der Waals surface area contributed by atoms with E-state index in [4.69, 9.17) is 10.8 Å². The van der Waals surface area contributed by atoms with Gasteiger partial charge in [-0.3, -0.25) is 9.59 Å². The van der Waals surface area contributed by atoms with Crippen molar-refractivity contribution in [3.8, 4) is 0 Å². The predicted molar refractivity (Wildman–Crippen MR) is 72.1 cm³/mol. The lowest BCUT2D eigenvalue weighted by molar-refractivity contribution is -0.141. The molecule has 1 aliphatic rings. The summed E-state index contributed by atoms with van der Waals surface area (Å²) in [4.78, 5) is 22.3. The van der Waals surface area contributed by atoms with Gasteiger partial charge in [0.2, 0.25) is 0 Å². The Hall–Kier alpha value is -2.04. The van der Waals surface area contributed by atoms with Crippen LogP contribution < -0.4 is 11.1 Å². The molecular weight excluding hydrogens is 244 g/mol. The summed E-state index contributed by atoms with van der Waals surface area (Å²) in [5.41, 5.74) is 7.52. The van der Waals surface area contributed by atoms with Gasteiger partial charge in [-0.1, -0.05) is 6.07 Å². The summed E-state index contributed by atoms with van der Waals surface area (Å²) >= 11 is 0. The van der Waals surface area contributed by atoms with Crippen LogP contribution in [0.2, 0.25) is 0 Å². The molecule has 1 amide bonds. The highest BCUT2D eigenvalue weighted by atomic mass is 16.4. The van der Waals surface area contributed by atoms with Gasteiger partial charge in [0.1, 0.15) is 0 Å². The molecule has 0 spiro atoms. The molecule has 1 aliphatic carbocycles. The number of hydrogen-bond acceptors (Lipinski definition) is 3. The second-order valence-electron chi connectivity index (χ2n) is 5.10. The third kappa shape index (κ3) is 3.05. The molecule has 2 rings (SSSR count). The van der Waals surface area contributed by atoms with Crippen LogP contribution in [0.5, 0.6) is 0 Å². The molecule has 0 aromatic heterocycles. The van der Waals surface area contributed by atoms with Crippen LogP contribution in [0.15, 0.2) is 18.2 Å². The van der Waals surface area contributed by atoms with Crippen LogP contribution in [0.3, 0.4) is 0 Å². The van der Waals surface area contributed by atoms with Crippen LogP contribution in [0.25, 0.3) is 0 Å². The van der Waals surface area contributed by atoms with E-state index in [0.717, 1.165) is 12.0 Å². The lowest BCUT2D eigenvalue weighted by Crippen LogP contribution is -2.21. The molecule has 5 heteroatoms. The van der Waals surface area contributed by atoms with E-state index in [1.54, 1.807) is 6.07 Å². The number of rotatable bonds is 4. The number of anilines is 1. The number of nitrogens with one attached hydrogen (secondary N) is 1. The van der Waals surface area contributed by atoms with Crippen molar-refractivity contribution in [1.29, 1.82) is 0 Å². The van der Waals surface area contributed by atoms with Crippen LogP contribution >= 0.6 is 0 Å². The van der Waals surface area contributed by atoms with Gasteiger partial charge < -0.3 is 16.2 Å². The number of carboxylic acids is 1. The topological polar surface area (TPSA) is 92.4 Å². The normalized spacial score (nSPS) is 22.2. The highest BCUT2D eigenvalue weighted by Crippen LogP contribution is 2.29. The molecule has 102 valence electrons. The van der Waals surface area contributed by atoms with E-state index in [2.05, 4.69) is 5.32 Å². The second kappa shape index (κ2) is 5.30. The fourth-order valence-electron chi connectivity index (χ4n) is 2.55. The molecule has 0 saturated heterocycles. The largest absolute Gasteiger partial charge is 0.481 e. The van der Waals surface area contributed by atoms with E-state index in [1.807, 2.05) is 19.1 Å². The van der Waals surface area contributed by atoms with Crippen molar-refractivity contribution in [2.24, 2.45) is 11.7 Å². The van der Waals surface area contributed by atoms with E-state index >= 15 is 0 Å². The zero-order valence-corrected chi connectivity index (χ0v) is 10.8. The standard InChI is InChI=1S/C14H18N2O3/c1-8-2-5-11(13(15)17)12(6-8)16-10-4-3-9(7-10)14(18)19/h2,5-6,9-10,16H,3-4,7H2,1H3,(H2,15,17)(H,18,19)/t9-,10+/m1/s1. The number of benzene rings is 1. The third-order valence-electron chi connectivity index (χ3n) is 3.58. The Labute approximate surface area is 111 Å². The first-order valence-electron chi connectivity index (χ1n) is 6.37. The second-order valence-corrected chi connectivity index (χ2v) is 5.10. The van der Waals surface area contributed by atoms with Gasteiger partial charge in [-0.2, -0.15) is 0 Å². The summed E-state index contributed by atoms with van der Waals surface area (Å²) < 4.78 is 0. The SMILES string of the molecule is Cc1ccc(C(N)=O)c(N[C@H]2CC[C@@H](C(=O)O)C2)c1. The Bertz CT molecular complexity index is 513. The van der Waals surface area contributed by atoms with Crippen molar-refractivity contribution in [2.75, 3.05) is 5.32 Å². The monoisotopic (exact) mass is 262 g/mol. The minimum absolute atomic E-state index is 0.0843. The maximum atomic E-state index is 11.4. The summed E-state index contributed by atoms with van der Waals surface area (Å²) in [6.45, 7) is 1.94. The zero-order valence-electron chi connectivity index (χ0n) is 10.8. The third-order valence-corrected chi connectivity index (χ3v) is 3.58. The molecule has 1 saturated carbocycles. The number of carboxylic acid groups (broad SMARTS) is 1. The molecule has 19 heavy (non-hydrogen) atoms.